The van der Waals surface area contributed by atoms with E-state index < -0.39 is 0 Å². The molecule has 132 valence electrons. The number of rotatable bonds is 5. The second kappa shape index (κ2) is 6.76. The first-order valence-electron chi connectivity index (χ1n) is 8.33. The number of ether oxygens (including phenoxy) is 1. The molecule has 1 aromatic carbocycles. The van der Waals surface area contributed by atoms with Crippen LogP contribution in [0.1, 0.15) is 12.5 Å². The number of nitrogens with zero attached hydrogens (tertiary/aromatic N) is 4. The van der Waals surface area contributed by atoms with Gasteiger partial charge in [-0.15, -0.1) is 11.3 Å². The van der Waals surface area contributed by atoms with E-state index in [9.17, 15) is 4.79 Å². The molecule has 0 spiro atoms. The van der Waals surface area contributed by atoms with Gasteiger partial charge < -0.3 is 4.74 Å². The molecule has 0 saturated heterocycles. The Hall–Kier alpha value is -2.93. The first-order chi connectivity index (χ1) is 12.7. The molecule has 0 fully saturated rings. The van der Waals surface area contributed by atoms with Crippen molar-refractivity contribution in [1.82, 2.24) is 19.3 Å². The normalized spacial score (nSPS) is 11.2. The Kier molecular flexibility index (Phi) is 4.30. The van der Waals surface area contributed by atoms with Crippen molar-refractivity contribution in [3.63, 3.8) is 0 Å². The van der Waals surface area contributed by atoms with E-state index in [1.54, 1.807) is 21.8 Å². The summed E-state index contributed by atoms with van der Waals surface area (Å²) in [5.74, 6) is 0.822. The second-order valence-electron chi connectivity index (χ2n) is 5.99. The maximum absolute atomic E-state index is 13.0. The molecule has 6 nitrogen and oxygen atoms in total. The molecular formula is C19H18N4O2S. The molecule has 3 aromatic heterocycles. The predicted molar refractivity (Wildman–Crippen MR) is 103 cm³/mol. The lowest BCUT2D eigenvalue weighted by atomic mass is 10.1. The lowest BCUT2D eigenvalue weighted by Crippen LogP contribution is -2.20. The average Bonchev–Trinajstić information content (AvgIpc) is 3.25. The van der Waals surface area contributed by atoms with Gasteiger partial charge in [0.15, 0.2) is 0 Å². The number of thiophene rings is 1. The molecule has 0 aliphatic heterocycles. The van der Waals surface area contributed by atoms with Crippen molar-refractivity contribution in [3.8, 4) is 16.9 Å². The minimum atomic E-state index is -0.0380. The van der Waals surface area contributed by atoms with E-state index in [1.807, 2.05) is 49.8 Å². The van der Waals surface area contributed by atoms with E-state index in [2.05, 4.69) is 10.1 Å². The smallest absolute Gasteiger partial charge is 0.263 e. The monoisotopic (exact) mass is 366 g/mol. The lowest BCUT2D eigenvalue weighted by molar-refractivity contribution is 0.340. The fourth-order valence-corrected chi connectivity index (χ4v) is 3.85. The molecule has 4 aromatic rings. The van der Waals surface area contributed by atoms with E-state index >= 15 is 0 Å². The summed E-state index contributed by atoms with van der Waals surface area (Å²) in [6.07, 6.45) is 5.27. The fraction of sp³-hybridized carbons (Fsp3) is 0.211. The van der Waals surface area contributed by atoms with Crippen LogP contribution in [-0.2, 0) is 13.6 Å². The number of fused-ring (bicyclic) bond motifs is 1. The van der Waals surface area contributed by atoms with Crippen molar-refractivity contribution < 1.29 is 4.74 Å². The van der Waals surface area contributed by atoms with Gasteiger partial charge in [0.05, 0.1) is 31.1 Å². The zero-order valence-electron chi connectivity index (χ0n) is 14.5. The van der Waals surface area contributed by atoms with Gasteiger partial charge in [-0.1, -0.05) is 12.1 Å². The molecular weight excluding hydrogens is 348 g/mol. The van der Waals surface area contributed by atoms with E-state index in [1.165, 1.54) is 11.3 Å². The zero-order valence-corrected chi connectivity index (χ0v) is 15.4. The van der Waals surface area contributed by atoms with Crippen LogP contribution in [0.25, 0.3) is 21.3 Å². The average molecular weight is 366 g/mol. The van der Waals surface area contributed by atoms with Crippen molar-refractivity contribution in [2.24, 2.45) is 7.05 Å². The summed E-state index contributed by atoms with van der Waals surface area (Å²) in [6, 6.07) is 7.80. The summed E-state index contributed by atoms with van der Waals surface area (Å²) in [6.45, 7) is 3.04. The molecule has 0 saturated carbocycles. The van der Waals surface area contributed by atoms with Gasteiger partial charge in [0.1, 0.15) is 10.6 Å². The maximum Gasteiger partial charge on any atom is 0.263 e. The molecule has 4 rings (SSSR count). The molecule has 0 radical (unpaired) electrons. The SMILES string of the molecule is CCOc1ccc(-c2csc3ncn(Cc4cnn(C)c4)c(=O)c23)cc1. The van der Waals surface area contributed by atoms with Crippen LogP contribution < -0.4 is 10.3 Å². The predicted octanol–water partition coefficient (Wildman–Crippen LogP) is 3.31. The topological polar surface area (TPSA) is 61.9 Å². The van der Waals surface area contributed by atoms with Gasteiger partial charge >= 0.3 is 0 Å². The Bertz CT molecular complexity index is 1110. The fourth-order valence-electron chi connectivity index (χ4n) is 2.94. The summed E-state index contributed by atoms with van der Waals surface area (Å²) in [7, 11) is 1.86. The molecule has 0 N–H and O–H groups in total. The number of aryl methyl sites for hydroxylation is 1. The summed E-state index contributed by atoms with van der Waals surface area (Å²) < 4.78 is 8.85. The molecule has 7 heteroatoms. The third-order valence-electron chi connectivity index (χ3n) is 4.15. The van der Waals surface area contributed by atoms with Crippen LogP contribution >= 0.6 is 11.3 Å². The molecule has 0 aliphatic carbocycles. The third-order valence-corrected chi connectivity index (χ3v) is 5.03. The molecule has 0 amide bonds. The first-order valence-corrected chi connectivity index (χ1v) is 9.21. The van der Waals surface area contributed by atoms with Crippen molar-refractivity contribution in [2.75, 3.05) is 6.61 Å². The summed E-state index contributed by atoms with van der Waals surface area (Å²) in [5, 5.41) is 6.80. The Balaban J connectivity index is 1.76. The van der Waals surface area contributed by atoms with Crippen molar-refractivity contribution >= 4 is 21.6 Å². The van der Waals surface area contributed by atoms with Crippen molar-refractivity contribution in [2.45, 2.75) is 13.5 Å². The maximum atomic E-state index is 13.0. The number of benzene rings is 1. The van der Waals surface area contributed by atoms with Crippen LogP contribution in [0.5, 0.6) is 5.75 Å². The quantitative estimate of drug-likeness (QED) is 0.544. The number of hydrogen-bond acceptors (Lipinski definition) is 5. The van der Waals surface area contributed by atoms with Crippen LogP contribution in [-0.4, -0.2) is 25.9 Å². The highest BCUT2D eigenvalue weighted by atomic mass is 32.1. The summed E-state index contributed by atoms with van der Waals surface area (Å²) in [5.41, 5.74) is 2.82. The molecule has 0 atom stereocenters. The standard InChI is InChI=1S/C19H18N4O2S/c1-3-25-15-6-4-14(5-7-15)16-11-26-18-17(16)19(24)23(12-20-18)10-13-8-21-22(2)9-13/h4-9,11-12H,3,10H2,1-2H3. The number of aromatic nitrogens is 4. The van der Waals surface area contributed by atoms with Gasteiger partial charge in [0, 0.05) is 29.8 Å². The van der Waals surface area contributed by atoms with Gasteiger partial charge in [0.2, 0.25) is 0 Å². The van der Waals surface area contributed by atoms with Gasteiger partial charge in [-0.3, -0.25) is 14.0 Å². The van der Waals surface area contributed by atoms with Gasteiger partial charge in [-0.25, -0.2) is 4.98 Å². The van der Waals surface area contributed by atoms with Crippen LogP contribution in [0, 0.1) is 0 Å². The van der Waals surface area contributed by atoms with E-state index in [-0.39, 0.29) is 5.56 Å². The minimum Gasteiger partial charge on any atom is -0.494 e. The van der Waals surface area contributed by atoms with Gasteiger partial charge in [-0.2, -0.15) is 5.10 Å². The van der Waals surface area contributed by atoms with Crippen LogP contribution in [0.3, 0.4) is 0 Å². The second-order valence-corrected chi connectivity index (χ2v) is 6.84. The zero-order chi connectivity index (χ0) is 18.1. The number of hydrogen-bond donors (Lipinski definition) is 0. The first kappa shape index (κ1) is 16.5. The van der Waals surface area contributed by atoms with Gasteiger partial charge in [0.25, 0.3) is 5.56 Å². The molecule has 0 aliphatic rings. The molecule has 0 bridgehead atoms. The van der Waals surface area contributed by atoms with E-state index in [0.29, 0.717) is 18.5 Å². The Labute approximate surface area is 154 Å². The largest absolute Gasteiger partial charge is 0.494 e. The molecule has 3 heterocycles. The summed E-state index contributed by atoms with van der Waals surface area (Å²) >= 11 is 1.48. The van der Waals surface area contributed by atoms with E-state index in [4.69, 9.17) is 4.74 Å². The van der Waals surface area contributed by atoms with E-state index in [0.717, 1.165) is 27.3 Å². The molecule has 26 heavy (non-hydrogen) atoms. The van der Waals surface area contributed by atoms with Gasteiger partial charge in [-0.05, 0) is 24.6 Å². The Morgan fingerprint density at radius 3 is 2.73 bits per heavy atom. The highest BCUT2D eigenvalue weighted by Crippen LogP contribution is 2.31. The summed E-state index contributed by atoms with van der Waals surface area (Å²) in [4.78, 5) is 18.3. The van der Waals surface area contributed by atoms with Crippen LogP contribution in [0.4, 0.5) is 0 Å². The van der Waals surface area contributed by atoms with Crippen LogP contribution in [0.15, 0.2) is 53.2 Å². The molecule has 0 unspecified atom stereocenters. The third kappa shape index (κ3) is 3.01. The lowest BCUT2D eigenvalue weighted by Gasteiger charge is -2.06. The van der Waals surface area contributed by atoms with Crippen molar-refractivity contribution in [1.29, 1.82) is 0 Å². The van der Waals surface area contributed by atoms with Crippen LogP contribution in [0.2, 0.25) is 0 Å². The Morgan fingerprint density at radius 2 is 2.04 bits per heavy atom. The minimum absolute atomic E-state index is 0.0380. The highest BCUT2D eigenvalue weighted by Gasteiger charge is 2.14. The van der Waals surface area contributed by atoms with Crippen molar-refractivity contribution in [3.05, 3.63) is 64.3 Å². The highest BCUT2D eigenvalue weighted by molar-refractivity contribution is 7.17. The Morgan fingerprint density at radius 1 is 1.23 bits per heavy atom.